The SMILES string of the molecule is O=c1[nH]c(C2COc3ccccc32)no1. The standard InChI is InChI=1S/C10H8N2O3/c13-10-11-9(12-15-10)7-5-14-8-4-2-1-3-6(7)8/h1-4,7H,5H2,(H,11,12,13). The summed E-state index contributed by atoms with van der Waals surface area (Å²) in [5.41, 5.74) is 1.03. The van der Waals surface area contributed by atoms with E-state index in [0.29, 0.717) is 12.4 Å². The van der Waals surface area contributed by atoms with Crippen molar-refractivity contribution in [3.05, 3.63) is 46.2 Å². The zero-order valence-corrected chi connectivity index (χ0v) is 7.77. The van der Waals surface area contributed by atoms with Crippen LogP contribution in [-0.4, -0.2) is 16.7 Å². The van der Waals surface area contributed by atoms with Crippen LogP contribution in [0.1, 0.15) is 17.3 Å². The van der Waals surface area contributed by atoms with Crippen LogP contribution in [0.5, 0.6) is 5.75 Å². The molecule has 1 aromatic carbocycles. The third-order valence-electron chi connectivity index (χ3n) is 2.49. The molecule has 1 unspecified atom stereocenters. The minimum atomic E-state index is -0.533. The number of hydrogen-bond donors (Lipinski definition) is 1. The number of aromatic amines is 1. The van der Waals surface area contributed by atoms with Crippen LogP contribution in [0.15, 0.2) is 33.6 Å². The Morgan fingerprint density at radius 1 is 1.40 bits per heavy atom. The van der Waals surface area contributed by atoms with Crippen molar-refractivity contribution in [3.8, 4) is 5.75 Å². The van der Waals surface area contributed by atoms with E-state index in [-0.39, 0.29) is 5.92 Å². The first-order valence-corrected chi connectivity index (χ1v) is 4.62. The van der Waals surface area contributed by atoms with Gasteiger partial charge in [0, 0.05) is 5.56 Å². The van der Waals surface area contributed by atoms with Gasteiger partial charge in [-0.3, -0.25) is 9.51 Å². The summed E-state index contributed by atoms with van der Waals surface area (Å²) in [6.45, 7) is 0.488. The summed E-state index contributed by atoms with van der Waals surface area (Å²) in [5.74, 6) is 0.790. The topological polar surface area (TPSA) is 68.1 Å². The van der Waals surface area contributed by atoms with Crippen LogP contribution in [0.3, 0.4) is 0 Å². The van der Waals surface area contributed by atoms with Crippen molar-refractivity contribution in [1.82, 2.24) is 10.1 Å². The Kier molecular flexibility index (Phi) is 1.65. The summed E-state index contributed by atoms with van der Waals surface area (Å²) in [7, 11) is 0. The lowest BCUT2D eigenvalue weighted by atomic mass is 10.0. The number of para-hydroxylation sites is 1. The Hall–Kier alpha value is -2.04. The van der Waals surface area contributed by atoms with E-state index in [4.69, 9.17) is 4.74 Å². The van der Waals surface area contributed by atoms with Gasteiger partial charge < -0.3 is 4.74 Å². The molecule has 0 bridgehead atoms. The molecule has 1 aliphatic rings. The monoisotopic (exact) mass is 204 g/mol. The lowest BCUT2D eigenvalue weighted by Gasteiger charge is -2.01. The molecular weight excluding hydrogens is 196 g/mol. The van der Waals surface area contributed by atoms with Crippen LogP contribution in [-0.2, 0) is 0 Å². The molecule has 0 saturated heterocycles. The van der Waals surface area contributed by atoms with Crippen molar-refractivity contribution >= 4 is 0 Å². The van der Waals surface area contributed by atoms with Gasteiger partial charge in [-0.05, 0) is 6.07 Å². The molecule has 3 rings (SSSR count). The van der Waals surface area contributed by atoms with Crippen molar-refractivity contribution < 1.29 is 9.26 Å². The molecule has 15 heavy (non-hydrogen) atoms. The zero-order valence-electron chi connectivity index (χ0n) is 7.77. The van der Waals surface area contributed by atoms with Crippen molar-refractivity contribution in [2.75, 3.05) is 6.61 Å². The van der Waals surface area contributed by atoms with E-state index in [1.165, 1.54) is 0 Å². The van der Waals surface area contributed by atoms with E-state index in [0.717, 1.165) is 11.3 Å². The molecule has 0 amide bonds. The normalized spacial score (nSPS) is 18.5. The molecule has 1 atom stereocenters. The lowest BCUT2D eigenvalue weighted by Crippen LogP contribution is -2.06. The second-order valence-electron chi connectivity index (χ2n) is 3.38. The van der Waals surface area contributed by atoms with Gasteiger partial charge in [-0.1, -0.05) is 23.4 Å². The molecule has 0 aliphatic carbocycles. The zero-order chi connectivity index (χ0) is 10.3. The van der Waals surface area contributed by atoms with Crippen LogP contribution < -0.4 is 10.5 Å². The van der Waals surface area contributed by atoms with E-state index in [1.807, 2.05) is 24.3 Å². The number of fused-ring (bicyclic) bond motifs is 1. The maximum Gasteiger partial charge on any atom is 0.438 e. The Bertz CT molecular complexity index is 543. The molecule has 0 spiro atoms. The summed E-state index contributed by atoms with van der Waals surface area (Å²) in [4.78, 5) is 13.4. The van der Waals surface area contributed by atoms with Gasteiger partial charge in [0.1, 0.15) is 12.4 Å². The highest BCUT2D eigenvalue weighted by atomic mass is 16.5. The van der Waals surface area contributed by atoms with Crippen LogP contribution in [0.4, 0.5) is 0 Å². The molecule has 76 valence electrons. The maximum absolute atomic E-state index is 10.8. The minimum absolute atomic E-state index is 0.0346. The third kappa shape index (κ3) is 1.24. The predicted octanol–water partition coefficient (Wildman–Crippen LogP) is 0.887. The number of aromatic nitrogens is 2. The first kappa shape index (κ1) is 8.28. The van der Waals surface area contributed by atoms with Gasteiger partial charge in [-0.15, -0.1) is 0 Å². The maximum atomic E-state index is 10.8. The van der Waals surface area contributed by atoms with Gasteiger partial charge in [0.15, 0.2) is 5.82 Å². The van der Waals surface area contributed by atoms with Gasteiger partial charge in [0.2, 0.25) is 0 Å². The average Bonchev–Trinajstić information content (AvgIpc) is 2.83. The molecule has 5 nitrogen and oxygen atoms in total. The molecule has 0 radical (unpaired) electrons. The Morgan fingerprint density at radius 2 is 2.27 bits per heavy atom. The van der Waals surface area contributed by atoms with Gasteiger partial charge in [0.05, 0.1) is 5.92 Å². The average molecular weight is 204 g/mol. The number of rotatable bonds is 1. The minimum Gasteiger partial charge on any atom is -0.492 e. The van der Waals surface area contributed by atoms with E-state index in [9.17, 15) is 4.79 Å². The van der Waals surface area contributed by atoms with Crippen LogP contribution >= 0.6 is 0 Å². The summed E-state index contributed by atoms with van der Waals surface area (Å²) >= 11 is 0. The lowest BCUT2D eigenvalue weighted by molar-refractivity contribution is 0.332. The van der Waals surface area contributed by atoms with Crippen LogP contribution in [0, 0.1) is 0 Å². The fraction of sp³-hybridized carbons (Fsp3) is 0.200. The predicted molar refractivity (Wildman–Crippen MR) is 50.9 cm³/mol. The number of benzene rings is 1. The molecule has 1 aliphatic heterocycles. The highest BCUT2D eigenvalue weighted by molar-refractivity contribution is 5.42. The summed E-state index contributed by atoms with van der Waals surface area (Å²) < 4.78 is 9.95. The number of H-pyrrole nitrogens is 1. The number of nitrogens with one attached hydrogen (secondary N) is 1. The second-order valence-corrected chi connectivity index (χ2v) is 3.38. The highest BCUT2D eigenvalue weighted by Crippen LogP contribution is 2.35. The third-order valence-corrected chi connectivity index (χ3v) is 2.49. The molecule has 2 aromatic rings. The van der Waals surface area contributed by atoms with Crippen molar-refractivity contribution in [2.45, 2.75) is 5.92 Å². The Morgan fingerprint density at radius 3 is 3.07 bits per heavy atom. The molecule has 0 saturated carbocycles. The van der Waals surface area contributed by atoms with Crippen molar-refractivity contribution in [2.24, 2.45) is 0 Å². The quantitative estimate of drug-likeness (QED) is 0.748. The summed E-state index contributed by atoms with van der Waals surface area (Å²) in [6, 6.07) is 7.69. The molecule has 5 heteroatoms. The number of hydrogen-bond acceptors (Lipinski definition) is 4. The fourth-order valence-corrected chi connectivity index (χ4v) is 1.78. The smallest absolute Gasteiger partial charge is 0.438 e. The van der Waals surface area contributed by atoms with Gasteiger partial charge >= 0.3 is 5.76 Å². The second kappa shape index (κ2) is 2.98. The molecule has 1 aromatic heterocycles. The Balaban J connectivity index is 2.07. The first-order valence-electron chi connectivity index (χ1n) is 4.62. The van der Waals surface area contributed by atoms with Crippen molar-refractivity contribution in [3.63, 3.8) is 0 Å². The van der Waals surface area contributed by atoms with E-state index >= 15 is 0 Å². The van der Waals surface area contributed by atoms with Crippen molar-refractivity contribution in [1.29, 1.82) is 0 Å². The summed E-state index contributed by atoms with van der Waals surface area (Å²) in [6.07, 6.45) is 0. The highest BCUT2D eigenvalue weighted by Gasteiger charge is 2.28. The fourth-order valence-electron chi connectivity index (χ4n) is 1.78. The van der Waals surface area contributed by atoms with Gasteiger partial charge in [-0.2, -0.15) is 0 Å². The van der Waals surface area contributed by atoms with E-state index in [1.54, 1.807) is 0 Å². The van der Waals surface area contributed by atoms with Crippen LogP contribution in [0.25, 0.3) is 0 Å². The molecule has 2 heterocycles. The largest absolute Gasteiger partial charge is 0.492 e. The summed E-state index contributed by atoms with van der Waals surface area (Å²) in [5, 5.41) is 3.67. The number of nitrogens with zero attached hydrogens (tertiary/aromatic N) is 1. The first-order chi connectivity index (χ1) is 7.34. The van der Waals surface area contributed by atoms with Gasteiger partial charge in [-0.25, -0.2) is 4.79 Å². The van der Waals surface area contributed by atoms with E-state index < -0.39 is 5.76 Å². The van der Waals surface area contributed by atoms with E-state index in [2.05, 4.69) is 14.7 Å². The Labute approximate surface area is 84.7 Å². The van der Waals surface area contributed by atoms with Crippen LogP contribution in [0.2, 0.25) is 0 Å². The van der Waals surface area contributed by atoms with Gasteiger partial charge in [0.25, 0.3) is 0 Å². The molecule has 0 fully saturated rings. The number of ether oxygens (including phenoxy) is 1. The molecular formula is C10H8N2O3. The molecule has 1 N–H and O–H groups in total.